The lowest BCUT2D eigenvalue weighted by atomic mass is 9.46. The van der Waals surface area contributed by atoms with Crippen LogP contribution < -0.4 is 0 Å². The SMILES string of the molecule is C#C[C@@]1(O)CC[C@H]2[C@@H]3CCC4=CC(=O)/C(=C\O)C[C@]4(C)[C@H]3CC[C@@]21C. The summed E-state index contributed by atoms with van der Waals surface area (Å²) in [6.07, 6.45) is 14.8. The van der Waals surface area contributed by atoms with Gasteiger partial charge in [0.1, 0.15) is 5.60 Å². The Morgan fingerprint density at radius 3 is 2.64 bits per heavy atom. The molecule has 3 fully saturated rings. The normalized spacial score (nSPS) is 50.5. The van der Waals surface area contributed by atoms with Gasteiger partial charge in [0.2, 0.25) is 0 Å². The largest absolute Gasteiger partial charge is 0.515 e. The van der Waals surface area contributed by atoms with Gasteiger partial charge in [-0.2, -0.15) is 0 Å². The number of terminal acetylenes is 1. The van der Waals surface area contributed by atoms with E-state index in [1.54, 1.807) is 6.08 Å². The fourth-order valence-electron chi connectivity index (χ4n) is 6.90. The maximum absolute atomic E-state index is 12.2. The molecule has 4 aliphatic carbocycles. The fraction of sp³-hybridized carbons (Fsp3) is 0.682. The summed E-state index contributed by atoms with van der Waals surface area (Å²) in [7, 11) is 0. The first-order chi connectivity index (χ1) is 11.8. The van der Waals surface area contributed by atoms with E-state index in [0.29, 0.717) is 36.2 Å². The lowest BCUT2D eigenvalue weighted by molar-refractivity contribution is -0.115. The zero-order valence-corrected chi connectivity index (χ0v) is 15.2. The highest BCUT2D eigenvalue weighted by atomic mass is 16.3. The number of carbonyl (C=O) groups excluding carboxylic acids is 1. The molecule has 6 atom stereocenters. The second-order valence-corrected chi connectivity index (χ2v) is 9.20. The van der Waals surface area contributed by atoms with E-state index in [0.717, 1.165) is 38.4 Å². The molecule has 2 N–H and O–H groups in total. The minimum Gasteiger partial charge on any atom is -0.515 e. The monoisotopic (exact) mass is 340 g/mol. The van der Waals surface area contributed by atoms with Gasteiger partial charge in [-0.25, -0.2) is 0 Å². The molecule has 3 saturated carbocycles. The number of ketones is 1. The summed E-state index contributed by atoms with van der Waals surface area (Å²) < 4.78 is 0. The van der Waals surface area contributed by atoms with Crippen LogP contribution in [0.4, 0.5) is 0 Å². The predicted octanol–water partition coefficient (Wildman–Crippen LogP) is 3.93. The van der Waals surface area contributed by atoms with Crippen molar-refractivity contribution < 1.29 is 15.0 Å². The number of aliphatic hydroxyl groups is 2. The van der Waals surface area contributed by atoms with E-state index in [2.05, 4.69) is 19.8 Å². The Bertz CT molecular complexity index is 726. The summed E-state index contributed by atoms with van der Waals surface area (Å²) in [5, 5.41) is 20.5. The molecular weight excluding hydrogens is 312 g/mol. The molecule has 0 aliphatic heterocycles. The van der Waals surface area contributed by atoms with E-state index in [9.17, 15) is 15.0 Å². The van der Waals surface area contributed by atoms with Gasteiger partial charge < -0.3 is 10.2 Å². The van der Waals surface area contributed by atoms with Crippen molar-refractivity contribution in [3.8, 4) is 12.3 Å². The average Bonchev–Trinajstić information content (AvgIpc) is 2.87. The summed E-state index contributed by atoms with van der Waals surface area (Å²) in [6.45, 7) is 4.47. The molecule has 134 valence electrons. The Morgan fingerprint density at radius 2 is 1.96 bits per heavy atom. The number of fused-ring (bicyclic) bond motifs is 5. The number of carbonyl (C=O) groups is 1. The smallest absolute Gasteiger partial charge is 0.184 e. The molecule has 0 aromatic carbocycles. The molecule has 4 aliphatic rings. The Morgan fingerprint density at radius 1 is 1.24 bits per heavy atom. The zero-order valence-electron chi connectivity index (χ0n) is 15.2. The highest BCUT2D eigenvalue weighted by Gasteiger charge is 2.63. The van der Waals surface area contributed by atoms with Gasteiger partial charge in [0, 0.05) is 11.0 Å². The Labute approximate surface area is 150 Å². The maximum atomic E-state index is 12.2. The number of hydrogen-bond donors (Lipinski definition) is 2. The first-order valence-electron chi connectivity index (χ1n) is 9.58. The van der Waals surface area contributed by atoms with Gasteiger partial charge in [0.05, 0.1) is 6.26 Å². The number of allylic oxidation sites excluding steroid dienone is 2. The van der Waals surface area contributed by atoms with Gasteiger partial charge >= 0.3 is 0 Å². The summed E-state index contributed by atoms with van der Waals surface area (Å²) in [5.74, 6) is 4.17. The van der Waals surface area contributed by atoms with E-state index >= 15 is 0 Å². The van der Waals surface area contributed by atoms with Crippen molar-refractivity contribution in [3.63, 3.8) is 0 Å². The average molecular weight is 340 g/mol. The first-order valence-corrected chi connectivity index (χ1v) is 9.58. The maximum Gasteiger partial charge on any atom is 0.184 e. The van der Waals surface area contributed by atoms with Crippen LogP contribution >= 0.6 is 0 Å². The molecule has 0 heterocycles. The molecule has 0 saturated heterocycles. The Hall–Kier alpha value is -1.53. The van der Waals surface area contributed by atoms with E-state index < -0.39 is 5.60 Å². The third-order valence-electron chi connectivity index (χ3n) is 8.46. The first kappa shape index (κ1) is 16.9. The highest BCUT2D eigenvalue weighted by molar-refractivity contribution is 6.05. The van der Waals surface area contributed by atoms with Gasteiger partial charge in [-0.3, -0.25) is 4.79 Å². The Balaban J connectivity index is 1.72. The van der Waals surface area contributed by atoms with Crippen molar-refractivity contribution in [2.75, 3.05) is 0 Å². The van der Waals surface area contributed by atoms with E-state index in [4.69, 9.17) is 6.42 Å². The lowest BCUT2D eigenvalue weighted by Gasteiger charge is -2.58. The van der Waals surface area contributed by atoms with Gasteiger partial charge in [0.25, 0.3) is 0 Å². The van der Waals surface area contributed by atoms with Gasteiger partial charge in [-0.15, -0.1) is 6.42 Å². The van der Waals surface area contributed by atoms with E-state index in [-0.39, 0.29) is 16.6 Å². The van der Waals surface area contributed by atoms with Gasteiger partial charge in [0.15, 0.2) is 5.78 Å². The number of hydrogen-bond acceptors (Lipinski definition) is 3. The van der Waals surface area contributed by atoms with Crippen LogP contribution in [-0.2, 0) is 4.79 Å². The number of rotatable bonds is 0. The molecule has 0 bridgehead atoms. The fourth-order valence-corrected chi connectivity index (χ4v) is 6.90. The van der Waals surface area contributed by atoms with Crippen molar-refractivity contribution >= 4 is 5.78 Å². The van der Waals surface area contributed by atoms with Crippen molar-refractivity contribution in [2.45, 2.75) is 64.4 Å². The minimum atomic E-state index is -0.974. The van der Waals surface area contributed by atoms with Crippen molar-refractivity contribution in [1.82, 2.24) is 0 Å². The molecule has 0 aromatic rings. The van der Waals surface area contributed by atoms with Gasteiger partial charge in [-0.1, -0.05) is 25.3 Å². The molecule has 0 radical (unpaired) electrons. The zero-order chi connectivity index (χ0) is 18.0. The third-order valence-corrected chi connectivity index (χ3v) is 8.46. The lowest BCUT2D eigenvalue weighted by Crippen LogP contribution is -2.54. The standard InChI is InChI=1S/C22H28O3/c1-4-22(25)10-8-18-16-6-5-15-11-19(24)14(13-23)12-20(15,2)17(16)7-9-21(18,22)3/h1,11,13,16-18,23,25H,5-10,12H2,2-3H3/b14-13-/t16-,17+,18+,20+,21+,22-/m1/s1. The van der Waals surface area contributed by atoms with Crippen LogP contribution in [0, 0.1) is 40.9 Å². The van der Waals surface area contributed by atoms with Crippen molar-refractivity contribution in [3.05, 3.63) is 23.5 Å². The second kappa shape index (κ2) is 5.24. The second-order valence-electron chi connectivity index (χ2n) is 9.20. The van der Waals surface area contributed by atoms with Crippen molar-refractivity contribution in [2.24, 2.45) is 28.6 Å². The van der Waals surface area contributed by atoms with E-state index in [1.165, 1.54) is 5.57 Å². The van der Waals surface area contributed by atoms with Crippen LogP contribution in [0.25, 0.3) is 0 Å². The summed E-state index contributed by atoms with van der Waals surface area (Å²) in [6, 6.07) is 0. The topological polar surface area (TPSA) is 57.5 Å². The Kier molecular flexibility index (Phi) is 3.54. The molecular formula is C22H28O3. The van der Waals surface area contributed by atoms with Crippen LogP contribution in [0.3, 0.4) is 0 Å². The van der Waals surface area contributed by atoms with Crippen LogP contribution in [0.15, 0.2) is 23.5 Å². The molecule has 25 heavy (non-hydrogen) atoms. The molecule has 0 aromatic heterocycles. The molecule has 3 heteroatoms. The predicted molar refractivity (Wildman–Crippen MR) is 96.6 cm³/mol. The molecule has 4 rings (SSSR count). The van der Waals surface area contributed by atoms with Gasteiger partial charge in [-0.05, 0) is 74.2 Å². The highest BCUT2D eigenvalue weighted by Crippen LogP contribution is 2.67. The van der Waals surface area contributed by atoms with E-state index in [1.807, 2.05) is 0 Å². The van der Waals surface area contributed by atoms with Crippen molar-refractivity contribution in [1.29, 1.82) is 0 Å². The minimum absolute atomic E-state index is 0.0309. The molecule has 0 spiro atoms. The number of aliphatic hydroxyl groups excluding tert-OH is 1. The third kappa shape index (κ3) is 2.01. The van der Waals surface area contributed by atoms with Crippen LogP contribution in [0.5, 0.6) is 0 Å². The summed E-state index contributed by atoms with van der Waals surface area (Å²) >= 11 is 0. The molecule has 0 unspecified atom stereocenters. The van der Waals surface area contributed by atoms with Crippen LogP contribution in [-0.4, -0.2) is 21.6 Å². The summed E-state index contributed by atoms with van der Waals surface area (Å²) in [4.78, 5) is 12.2. The quantitative estimate of drug-likeness (QED) is 0.399. The molecule has 0 amide bonds. The molecule has 3 nitrogen and oxygen atoms in total. The summed E-state index contributed by atoms with van der Waals surface area (Å²) in [5.41, 5.74) is 0.577. The van der Waals surface area contributed by atoms with Crippen LogP contribution in [0.2, 0.25) is 0 Å². The van der Waals surface area contributed by atoms with Crippen LogP contribution in [0.1, 0.15) is 58.8 Å².